The maximum absolute atomic E-state index is 12.6. The molecule has 0 unspecified atom stereocenters. The third kappa shape index (κ3) is 3.58. The number of alkyl halides is 3. The Morgan fingerprint density at radius 2 is 1.84 bits per heavy atom. The van der Waals surface area contributed by atoms with Crippen molar-refractivity contribution < 1.29 is 13.2 Å². The van der Waals surface area contributed by atoms with Crippen LogP contribution < -0.4 is 5.73 Å². The van der Waals surface area contributed by atoms with Crippen molar-refractivity contribution in [1.29, 1.82) is 0 Å². The van der Waals surface area contributed by atoms with Gasteiger partial charge >= 0.3 is 6.18 Å². The van der Waals surface area contributed by atoms with Crippen molar-refractivity contribution in [2.45, 2.75) is 19.1 Å². The van der Waals surface area contributed by atoms with Crippen LogP contribution in [0.2, 0.25) is 0 Å². The lowest BCUT2D eigenvalue weighted by atomic mass is 10.0. The van der Waals surface area contributed by atoms with Crippen LogP contribution in [0.15, 0.2) is 42.5 Å². The Morgan fingerprint density at radius 3 is 2.42 bits per heavy atom. The Balaban J connectivity index is 2.18. The van der Waals surface area contributed by atoms with Crippen LogP contribution in [0.25, 0.3) is 0 Å². The van der Waals surface area contributed by atoms with E-state index in [0.717, 1.165) is 17.2 Å². The van der Waals surface area contributed by atoms with E-state index in [-0.39, 0.29) is 0 Å². The van der Waals surface area contributed by atoms with Crippen LogP contribution in [0, 0.1) is 6.07 Å². The molecular weight excluding hydrogens is 251 g/mol. The molecule has 1 nitrogen and oxygen atoms in total. The van der Waals surface area contributed by atoms with Gasteiger partial charge in [0.15, 0.2) is 0 Å². The second kappa shape index (κ2) is 5.45. The summed E-state index contributed by atoms with van der Waals surface area (Å²) in [5.74, 6) is 0. The van der Waals surface area contributed by atoms with E-state index in [2.05, 4.69) is 6.07 Å². The van der Waals surface area contributed by atoms with Gasteiger partial charge in [-0.1, -0.05) is 30.3 Å². The number of hydrogen-bond acceptors (Lipinski definition) is 1. The molecule has 4 heteroatoms. The average molecular weight is 264 g/mol. The maximum atomic E-state index is 12.6. The average Bonchev–Trinajstić information content (AvgIpc) is 2.39. The van der Waals surface area contributed by atoms with Gasteiger partial charge in [-0.15, -0.1) is 0 Å². The zero-order valence-electron chi connectivity index (χ0n) is 10.2. The largest absolute Gasteiger partial charge is 0.416 e. The molecule has 2 aromatic rings. The topological polar surface area (TPSA) is 26.0 Å². The summed E-state index contributed by atoms with van der Waals surface area (Å²) in [5, 5.41) is 0. The second-order valence-electron chi connectivity index (χ2n) is 4.30. The third-order valence-corrected chi connectivity index (χ3v) is 2.83. The standard InChI is InChI=1S/C15H13F3N/c16-15(17,18)14-3-1-2-13(9-14)8-11-4-6-12(10-19)7-5-11/h1-4,6-7,9H,8,10,19H2. The zero-order valence-corrected chi connectivity index (χ0v) is 10.2. The summed E-state index contributed by atoms with van der Waals surface area (Å²) in [7, 11) is 0. The first-order chi connectivity index (χ1) is 8.99. The predicted molar refractivity (Wildman–Crippen MR) is 67.4 cm³/mol. The Morgan fingerprint density at radius 1 is 1.05 bits per heavy atom. The van der Waals surface area contributed by atoms with Gasteiger partial charge in [-0.2, -0.15) is 13.2 Å². The molecule has 19 heavy (non-hydrogen) atoms. The summed E-state index contributed by atoms with van der Waals surface area (Å²) in [6.07, 6.45) is -3.88. The summed E-state index contributed by atoms with van der Waals surface area (Å²) < 4.78 is 37.8. The first kappa shape index (κ1) is 13.6. The summed E-state index contributed by atoms with van der Waals surface area (Å²) in [6.45, 7) is 0.431. The fourth-order valence-electron chi connectivity index (χ4n) is 1.80. The molecule has 0 saturated carbocycles. The van der Waals surface area contributed by atoms with E-state index in [4.69, 9.17) is 5.73 Å². The van der Waals surface area contributed by atoms with Crippen LogP contribution in [-0.2, 0) is 19.1 Å². The van der Waals surface area contributed by atoms with E-state index in [1.54, 1.807) is 12.1 Å². The van der Waals surface area contributed by atoms with Gasteiger partial charge in [-0.3, -0.25) is 0 Å². The molecule has 99 valence electrons. The number of nitrogens with two attached hydrogens (primary N) is 1. The van der Waals surface area contributed by atoms with Gasteiger partial charge in [0.25, 0.3) is 0 Å². The summed E-state index contributed by atoms with van der Waals surface area (Å²) in [6, 6.07) is 13.8. The highest BCUT2D eigenvalue weighted by Crippen LogP contribution is 2.29. The van der Waals surface area contributed by atoms with Crippen molar-refractivity contribution in [3.05, 3.63) is 70.8 Å². The number of benzene rings is 2. The molecule has 0 atom stereocenters. The van der Waals surface area contributed by atoms with Gasteiger partial charge in [0.05, 0.1) is 5.56 Å². The highest BCUT2D eigenvalue weighted by Gasteiger charge is 2.30. The van der Waals surface area contributed by atoms with Crippen LogP contribution in [0.1, 0.15) is 22.3 Å². The molecule has 0 saturated heterocycles. The lowest BCUT2D eigenvalue weighted by Gasteiger charge is -2.09. The normalized spacial score (nSPS) is 11.6. The van der Waals surface area contributed by atoms with Gasteiger partial charge in [0.1, 0.15) is 0 Å². The van der Waals surface area contributed by atoms with Crippen molar-refractivity contribution >= 4 is 0 Å². The van der Waals surface area contributed by atoms with E-state index in [0.29, 0.717) is 18.5 Å². The van der Waals surface area contributed by atoms with Gasteiger partial charge < -0.3 is 5.73 Å². The molecule has 2 N–H and O–H groups in total. The molecule has 2 aromatic carbocycles. The Labute approximate surface area is 109 Å². The van der Waals surface area contributed by atoms with Gasteiger partial charge in [0, 0.05) is 6.54 Å². The summed E-state index contributed by atoms with van der Waals surface area (Å²) in [5.41, 5.74) is 7.27. The SMILES string of the molecule is NCc1c[c]c(Cc2cccc(C(F)(F)F)c2)cc1. The molecule has 0 heterocycles. The molecule has 0 amide bonds. The fourth-order valence-corrected chi connectivity index (χ4v) is 1.80. The molecule has 0 aliphatic heterocycles. The molecule has 0 aliphatic carbocycles. The van der Waals surface area contributed by atoms with Gasteiger partial charge in [0.2, 0.25) is 0 Å². The van der Waals surface area contributed by atoms with E-state index < -0.39 is 11.7 Å². The number of hydrogen-bond donors (Lipinski definition) is 1. The van der Waals surface area contributed by atoms with Gasteiger partial charge in [-0.05, 0) is 41.3 Å². The van der Waals surface area contributed by atoms with Crippen molar-refractivity contribution in [3.63, 3.8) is 0 Å². The summed E-state index contributed by atoms with van der Waals surface area (Å²) >= 11 is 0. The van der Waals surface area contributed by atoms with Crippen molar-refractivity contribution in [2.75, 3.05) is 0 Å². The minimum absolute atomic E-state index is 0.425. The lowest BCUT2D eigenvalue weighted by molar-refractivity contribution is -0.137. The van der Waals surface area contributed by atoms with Crippen LogP contribution in [-0.4, -0.2) is 0 Å². The summed E-state index contributed by atoms with van der Waals surface area (Å²) in [4.78, 5) is 0. The first-order valence-electron chi connectivity index (χ1n) is 5.85. The number of rotatable bonds is 3. The maximum Gasteiger partial charge on any atom is 0.416 e. The molecule has 0 bridgehead atoms. The van der Waals surface area contributed by atoms with Gasteiger partial charge in [-0.25, -0.2) is 0 Å². The number of halogens is 3. The molecular formula is C15H13F3N. The van der Waals surface area contributed by atoms with Crippen LogP contribution in [0.4, 0.5) is 13.2 Å². The van der Waals surface area contributed by atoms with E-state index >= 15 is 0 Å². The smallest absolute Gasteiger partial charge is 0.326 e. The van der Waals surface area contributed by atoms with Crippen molar-refractivity contribution in [2.24, 2.45) is 5.73 Å². The first-order valence-corrected chi connectivity index (χ1v) is 5.85. The molecule has 2 rings (SSSR count). The minimum atomic E-state index is -4.30. The van der Waals surface area contributed by atoms with E-state index in [1.165, 1.54) is 12.1 Å². The zero-order chi connectivity index (χ0) is 13.9. The molecule has 0 aromatic heterocycles. The molecule has 0 aliphatic rings. The monoisotopic (exact) mass is 264 g/mol. The van der Waals surface area contributed by atoms with E-state index in [9.17, 15) is 13.2 Å². The van der Waals surface area contributed by atoms with E-state index in [1.807, 2.05) is 12.1 Å². The minimum Gasteiger partial charge on any atom is -0.326 e. The van der Waals surface area contributed by atoms with Crippen molar-refractivity contribution in [3.8, 4) is 0 Å². The quantitative estimate of drug-likeness (QED) is 0.901. The Kier molecular flexibility index (Phi) is 3.90. The Hall–Kier alpha value is -1.81. The Bertz CT molecular complexity index is 544. The third-order valence-electron chi connectivity index (χ3n) is 2.83. The van der Waals surface area contributed by atoms with Crippen LogP contribution in [0.5, 0.6) is 0 Å². The van der Waals surface area contributed by atoms with Crippen LogP contribution in [0.3, 0.4) is 0 Å². The van der Waals surface area contributed by atoms with Crippen molar-refractivity contribution in [1.82, 2.24) is 0 Å². The lowest BCUT2D eigenvalue weighted by Crippen LogP contribution is -2.05. The van der Waals surface area contributed by atoms with Crippen LogP contribution >= 0.6 is 0 Å². The predicted octanol–water partition coefficient (Wildman–Crippen LogP) is 3.56. The molecule has 0 spiro atoms. The molecule has 0 fully saturated rings. The molecule has 1 radical (unpaired) electrons. The second-order valence-corrected chi connectivity index (χ2v) is 4.30. The highest BCUT2D eigenvalue weighted by molar-refractivity contribution is 5.31. The highest BCUT2D eigenvalue weighted by atomic mass is 19.4. The fraction of sp³-hybridized carbons (Fsp3) is 0.200.